The van der Waals surface area contributed by atoms with Gasteiger partial charge >= 0.3 is 0 Å². The van der Waals surface area contributed by atoms with E-state index >= 15 is 0 Å². The SMILES string of the molecule is O=C(Nc1ccc(NC(=O)C2CC2)cc1)c1ccc(-c2ccccc2)cc1. The second kappa shape index (κ2) is 7.46. The molecule has 0 unspecified atom stereocenters. The lowest BCUT2D eigenvalue weighted by atomic mass is 10.0. The first-order valence-electron chi connectivity index (χ1n) is 9.07. The van der Waals surface area contributed by atoms with Crippen molar-refractivity contribution in [3.8, 4) is 11.1 Å². The van der Waals surface area contributed by atoms with Crippen LogP contribution in [-0.2, 0) is 4.79 Å². The molecule has 4 nitrogen and oxygen atoms in total. The summed E-state index contributed by atoms with van der Waals surface area (Å²) < 4.78 is 0. The topological polar surface area (TPSA) is 58.2 Å². The molecule has 0 spiro atoms. The summed E-state index contributed by atoms with van der Waals surface area (Å²) in [5.74, 6) is 0.0814. The molecule has 0 bridgehead atoms. The summed E-state index contributed by atoms with van der Waals surface area (Å²) >= 11 is 0. The zero-order chi connectivity index (χ0) is 18.6. The predicted octanol–water partition coefficient (Wildman–Crippen LogP) is 4.95. The van der Waals surface area contributed by atoms with E-state index in [0.717, 1.165) is 29.7 Å². The maximum absolute atomic E-state index is 12.4. The first-order chi connectivity index (χ1) is 13.2. The predicted molar refractivity (Wildman–Crippen MR) is 108 cm³/mol. The number of rotatable bonds is 5. The molecule has 4 rings (SSSR count). The molecule has 0 radical (unpaired) electrons. The molecule has 2 amide bonds. The van der Waals surface area contributed by atoms with Gasteiger partial charge in [-0.25, -0.2) is 0 Å². The zero-order valence-electron chi connectivity index (χ0n) is 14.8. The van der Waals surface area contributed by atoms with Crippen molar-refractivity contribution >= 4 is 23.2 Å². The van der Waals surface area contributed by atoms with Crippen molar-refractivity contribution in [3.63, 3.8) is 0 Å². The van der Waals surface area contributed by atoms with Crippen LogP contribution in [-0.4, -0.2) is 11.8 Å². The lowest BCUT2D eigenvalue weighted by Gasteiger charge is -2.08. The number of nitrogens with one attached hydrogen (secondary N) is 2. The number of hydrogen-bond donors (Lipinski definition) is 2. The molecule has 0 atom stereocenters. The third kappa shape index (κ3) is 4.23. The van der Waals surface area contributed by atoms with Crippen LogP contribution in [0.5, 0.6) is 0 Å². The average molecular weight is 356 g/mol. The van der Waals surface area contributed by atoms with Crippen LogP contribution in [0.15, 0.2) is 78.9 Å². The van der Waals surface area contributed by atoms with Crippen molar-refractivity contribution in [1.82, 2.24) is 0 Å². The van der Waals surface area contributed by atoms with Crippen LogP contribution in [0.3, 0.4) is 0 Å². The van der Waals surface area contributed by atoms with Gasteiger partial charge < -0.3 is 10.6 Å². The van der Waals surface area contributed by atoms with Gasteiger partial charge in [-0.15, -0.1) is 0 Å². The Morgan fingerprint density at radius 3 is 1.81 bits per heavy atom. The highest BCUT2D eigenvalue weighted by molar-refractivity contribution is 6.04. The molecule has 2 N–H and O–H groups in total. The van der Waals surface area contributed by atoms with Gasteiger partial charge in [0, 0.05) is 22.9 Å². The van der Waals surface area contributed by atoms with Gasteiger partial charge in [-0.05, 0) is 60.4 Å². The standard InChI is InChI=1S/C23H20N2O2/c26-22(18-8-6-17(7-9-18)16-4-2-1-3-5-16)24-20-12-14-21(15-13-20)25-23(27)19-10-11-19/h1-9,12-15,19H,10-11H2,(H,24,26)(H,25,27). The van der Waals surface area contributed by atoms with Crippen molar-refractivity contribution in [2.24, 2.45) is 5.92 Å². The summed E-state index contributed by atoms with van der Waals surface area (Å²) in [5.41, 5.74) is 4.23. The monoisotopic (exact) mass is 356 g/mol. The second-order valence-electron chi connectivity index (χ2n) is 6.74. The molecule has 0 saturated heterocycles. The minimum Gasteiger partial charge on any atom is -0.326 e. The molecule has 1 fully saturated rings. The first kappa shape index (κ1) is 17.0. The fourth-order valence-corrected chi connectivity index (χ4v) is 2.87. The van der Waals surface area contributed by atoms with Gasteiger partial charge in [0.15, 0.2) is 0 Å². The van der Waals surface area contributed by atoms with Crippen molar-refractivity contribution in [2.45, 2.75) is 12.8 Å². The van der Waals surface area contributed by atoms with Gasteiger partial charge in [0.2, 0.25) is 5.91 Å². The van der Waals surface area contributed by atoms with Gasteiger partial charge in [0.25, 0.3) is 5.91 Å². The maximum atomic E-state index is 12.4. The number of carbonyl (C=O) groups excluding carboxylic acids is 2. The normalized spacial score (nSPS) is 13.0. The Morgan fingerprint density at radius 1 is 0.667 bits per heavy atom. The molecular formula is C23H20N2O2. The van der Waals surface area contributed by atoms with Gasteiger partial charge in [-0.2, -0.15) is 0 Å². The Morgan fingerprint density at radius 2 is 1.22 bits per heavy atom. The average Bonchev–Trinajstić information content (AvgIpc) is 3.56. The third-order valence-corrected chi connectivity index (χ3v) is 4.61. The van der Waals surface area contributed by atoms with Crippen molar-refractivity contribution < 1.29 is 9.59 Å². The molecule has 134 valence electrons. The van der Waals surface area contributed by atoms with E-state index < -0.39 is 0 Å². The van der Waals surface area contributed by atoms with E-state index in [0.29, 0.717) is 11.3 Å². The molecule has 1 aliphatic carbocycles. The number of benzene rings is 3. The molecule has 3 aromatic carbocycles. The van der Waals surface area contributed by atoms with Crippen LogP contribution in [0.2, 0.25) is 0 Å². The Labute approximate surface area is 158 Å². The van der Waals surface area contributed by atoms with E-state index in [9.17, 15) is 9.59 Å². The minimum absolute atomic E-state index is 0.0743. The Kier molecular flexibility index (Phi) is 4.71. The second-order valence-corrected chi connectivity index (χ2v) is 6.74. The van der Waals surface area contributed by atoms with Gasteiger partial charge in [0.05, 0.1) is 0 Å². The van der Waals surface area contributed by atoms with Crippen molar-refractivity contribution in [3.05, 3.63) is 84.4 Å². The van der Waals surface area contributed by atoms with E-state index in [4.69, 9.17) is 0 Å². The summed E-state index contributed by atoms with van der Waals surface area (Å²) in [6.07, 6.45) is 1.95. The smallest absolute Gasteiger partial charge is 0.255 e. The lowest BCUT2D eigenvalue weighted by molar-refractivity contribution is -0.117. The van der Waals surface area contributed by atoms with Gasteiger partial charge in [0.1, 0.15) is 0 Å². The van der Waals surface area contributed by atoms with Crippen molar-refractivity contribution in [1.29, 1.82) is 0 Å². The maximum Gasteiger partial charge on any atom is 0.255 e. The molecular weight excluding hydrogens is 336 g/mol. The molecule has 0 heterocycles. The Bertz CT molecular complexity index is 944. The van der Waals surface area contributed by atoms with Gasteiger partial charge in [-0.1, -0.05) is 42.5 Å². The van der Waals surface area contributed by atoms with Crippen molar-refractivity contribution in [2.75, 3.05) is 10.6 Å². The summed E-state index contributed by atoms with van der Waals surface area (Å²) in [6, 6.07) is 24.8. The van der Waals surface area contributed by atoms with Crippen LogP contribution in [0.25, 0.3) is 11.1 Å². The highest BCUT2D eigenvalue weighted by Crippen LogP contribution is 2.30. The van der Waals surface area contributed by atoms with Crippen LogP contribution in [0.1, 0.15) is 23.2 Å². The summed E-state index contributed by atoms with van der Waals surface area (Å²) in [6.45, 7) is 0. The number of hydrogen-bond acceptors (Lipinski definition) is 2. The van der Waals surface area contributed by atoms with Crippen LogP contribution in [0.4, 0.5) is 11.4 Å². The highest BCUT2D eigenvalue weighted by atomic mass is 16.2. The molecule has 0 aliphatic heterocycles. The first-order valence-corrected chi connectivity index (χ1v) is 9.07. The number of anilines is 2. The summed E-state index contributed by atoms with van der Waals surface area (Å²) in [7, 11) is 0. The van der Waals surface area contributed by atoms with E-state index in [1.54, 1.807) is 24.3 Å². The Balaban J connectivity index is 1.39. The molecule has 3 aromatic rings. The van der Waals surface area contributed by atoms with Gasteiger partial charge in [-0.3, -0.25) is 9.59 Å². The minimum atomic E-state index is -0.163. The van der Waals surface area contributed by atoms with Crippen LogP contribution < -0.4 is 10.6 Å². The van der Waals surface area contributed by atoms with Crippen LogP contribution >= 0.6 is 0 Å². The highest BCUT2D eigenvalue weighted by Gasteiger charge is 2.29. The van der Waals surface area contributed by atoms with E-state index in [1.807, 2.05) is 54.6 Å². The quantitative estimate of drug-likeness (QED) is 0.679. The molecule has 0 aromatic heterocycles. The van der Waals surface area contributed by atoms with Crippen LogP contribution in [0, 0.1) is 5.92 Å². The number of carbonyl (C=O) groups is 2. The lowest BCUT2D eigenvalue weighted by Crippen LogP contribution is -2.14. The third-order valence-electron chi connectivity index (χ3n) is 4.61. The Hall–Kier alpha value is -3.40. The number of amides is 2. The molecule has 1 saturated carbocycles. The fourth-order valence-electron chi connectivity index (χ4n) is 2.87. The molecule has 4 heteroatoms. The summed E-state index contributed by atoms with van der Waals surface area (Å²) in [5, 5.41) is 5.77. The van der Waals surface area contributed by atoms with E-state index in [-0.39, 0.29) is 17.7 Å². The fraction of sp³-hybridized carbons (Fsp3) is 0.130. The largest absolute Gasteiger partial charge is 0.326 e. The summed E-state index contributed by atoms with van der Waals surface area (Å²) in [4.78, 5) is 24.2. The molecule has 27 heavy (non-hydrogen) atoms. The van der Waals surface area contributed by atoms with E-state index in [1.165, 1.54) is 0 Å². The molecule has 1 aliphatic rings. The zero-order valence-corrected chi connectivity index (χ0v) is 14.8. The van der Waals surface area contributed by atoms with E-state index in [2.05, 4.69) is 10.6 Å².